The van der Waals surface area contributed by atoms with Crippen LogP contribution in [0.3, 0.4) is 0 Å². The van der Waals surface area contributed by atoms with E-state index >= 15 is 0 Å². The van der Waals surface area contributed by atoms with Gasteiger partial charge in [-0.25, -0.2) is 0 Å². The predicted molar refractivity (Wildman–Crippen MR) is 98.6 cm³/mol. The quantitative estimate of drug-likeness (QED) is 0.804. The molecule has 0 aliphatic carbocycles. The number of halogens is 1. The SMILES string of the molecule is COc1ccc(NC(=O)C(C)SCc2ccccc2C)cc1Cl. The molecule has 2 aromatic rings. The van der Waals surface area contributed by atoms with E-state index in [4.69, 9.17) is 16.3 Å². The fraction of sp³-hybridized carbons (Fsp3) is 0.278. The maximum atomic E-state index is 12.3. The van der Waals surface area contributed by atoms with Crippen molar-refractivity contribution >= 4 is 35.0 Å². The third-order valence-corrected chi connectivity index (χ3v) is 5.03. The van der Waals surface area contributed by atoms with Crippen molar-refractivity contribution in [3.05, 3.63) is 58.6 Å². The Bertz CT molecular complexity index is 690. The van der Waals surface area contributed by atoms with E-state index in [-0.39, 0.29) is 11.2 Å². The molecule has 0 radical (unpaired) electrons. The number of amides is 1. The Morgan fingerprint density at radius 2 is 2.04 bits per heavy atom. The lowest BCUT2D eigenvalue weighted by Crippen LogP contribution is -2.22. The first-order valence-corrected chi connectivity index (χ1v) is 8.74. The Hall–Kier alpha value is -1.65. The second-order valence-corrected chi connectivity index (χ2v) is 6.95. The molecule has 0 aliphatic rings. The second-order valence-electron chi connectivity index (χ2n) is 5.22. The molecule has 3 nitrogen and oxygen atoms in total. The molecule has 1 atom stereocenters. The molecule has 0 heterocycles. The summed E-state index contributed by atoms with van der Waals surface area (Å²) in [7, 11) is 1.56. The summed E-state index contributed by atoms with van der Waals surface area (Å²) in [6.45, 7) is 3.99. The monoisotopic (exact) mass is 349 g/mol. The van der Waals surface area contributed by atoms with E-state index in [2.05, 4.69) is 24.4 Å². The minimum atomic E-state index is -0.157. The van der Waals surface area contributed by atoms with Crippen molar-refractivity contribution in [3.63, 3.8) is 0 Å². The van der Waals surface area contributed by atoms with Gasteiger partial charge in [-0.05, 0) is 43.2 Å². The maximum Gasteiger partial charge on any atom is 0.237 e. The van der Waals surface area contributed by atoms with E-state index < -0.39 is 0 Å². The average Bonchev–Trinajstić information content (AvgIpc) is 2.54. The van der Waals surface area contributed by atoms with E-state index in [1.54, 1.807) is 37.1 Å². The first-order chi connectivity index (χ1) is 11.0. The lowest BCUT2D eigenvalue weighted by atomic mass is 10.1. The molecule has 1 N–H and O–H groups in total. The lowest BCUT2D eigenvalue weighted by molar-refractivity contribution is -0.115. The highest BCUT2D eigenvalue weighted by Gasteiger charge is 2.14. The number of carbonyl (C=O) groups excluding carboxylic acids is 1. The van der Waals surface area contributed by atoms with Gasteiger partial charge in [-0.2, -0.15) is 0 Å². The van der Waals surface area contributed by atoms with Gasteiger partial charge >= 0.3 is 0 Å². The summed E-state index contributed by atoms with van der Waals surface area (Å²) >= 11 is 7.68. The Balaban J connectivity index is 1.92. The van der Waals surface area contributed by atoms with Gasteiger partial charge in [-0.15, -0.1) is 11.8 Å². The summed E-state index contributed by atoms with van der Waals surface area (Å²) < 4.78 is 5.10. The van der Waals surface area contributed by atoms with Crippen LogP contribution in [-0.2, 0) is 10.5 Å². The molecule has 0 saturated carbocycles. The minimum Gasteiger partial charge on any atom is -0.495 e. The summed E-state index contributed by atoms with van der Waals surface area (Å²) in [6, 6.07) is 13.4. The van der Waals surface area contributed by atoms with Crippen LogP contribution in [0.15, 0.2) is 42.5 Å². The molecule has 1 unspecified atom stereocenters. The maximum absolute atomic E-state index is 12.3. The molecule has 0 aromatic heterocycles. The number of hydrogen-bond acceptors (Lipinski definition) is 3. The smallest absolute Gasteiger partial charge is 0.237 e. The Morgan fingerprint density at radius 3 is 2.70 bits per heavy atom. The average molecular weight is 350 g/mol. The summed E-state index contributed by atoms with van der Waals surface area (Å²) in [5.41, 5.74) is 3.17. The van der Waals surface area contributed by atoms with Gasteiger partial charge in [0, 0.05) is 11.4 Å². The van der Waals surface area contributed by atoms with Crippen LogP contribution >= 0.6 is 23.4 Å². The molecule has 122 valence electrons. The van der Waals surface area contributed by atoms with Gasteiger partial charge in [0.1, 0.15) is 5.75 Å². The van der Waals surface area contributed by atoms with Crippen LogP contribution in [0.2, 0.25) is 5.02 Å². The number of thioether (sulfide) groups is 1. The second kappa shape index (κ2) is 8.27. The lowest BCUT2D eigenvalue weighted by Gasteiger charge is -2.13. The third kappa shape index (κ3) is 4.91. The van der Waals surface area contributed by atoms with Gasteiger partial charge in [-0.1, -0.05) is 35.9 Å². The number of aryl methyl sites for hydroxylation is 1. The van der Waals surface area contributed by atoms with Crippen LogP contribution in [-0.4, -0.2) is 18.3 Å². The summed E-state index contributed by atoms with van der Waals surface area (Å²) in [4.78, 5) is 12.3. The van der Waals surface area contributed by atoms with Crippen molar-refractivity contribution < 1.29 is 9.53 Å². The number of benzene rings is 2. The van der Waals surface area contributed by atoms with Crippen molar-refractivity contribution in [3.8, 4) is 5.75 Å². The summed E-state index contributed by atoms with van der Waals surface area (Å²) in [6.07, 6.45) is 0. The number of hydrogen-bond donors (Lipinski definition) is 1. The number of rotatable bonds is 6. The molecule has 5 heteroatoms. The van der Waals surface area contributed by atoms with E-state index in [9.17, 15) is 4.79 Å². The topological polar surface area (TPSA) is 38.3 Å². The summed E-state index contributed by atoms with van der Waals surface area (Å²) in [5.74, 6) is 1.36. The standard InChI is InChI=1S/C18H20ClNO2S/c1-12-6-4-5-7-14(12)11-23-13(2)18(21)20-15-8-9-17(22-3)16(19)10-15/h4-10,13H,11H2,1-3H3,(H,20,21). The minimum absolute atomic E-state index is 0.0372. The molecule has 2 rings (SSSR count). The molecule has 2 aromatic carbocycles. The highest BCUT2D eigenvalue weighted by molar-refractivity contribution is 7.99. The number of methoxy groups -OCH3 is 1. The van der Waals surface area contributed by atoms with Crippen molar-refractivity contribution in [2.24, 2.45) is 0 Å². The Morgan fingerprint density at radius 1 is 1.30 bits per heavy atom. The van der Waals surface area contributed by atoms with E-state index in [1.165, 1.54) is 11.1 Å². The fourth-order valence-electron chi connectivity index (χ4n) is 2.05. The van der Waals surface area contributed by atoms with E-state index in [0.717, 1.165) is 5.75 Å². The number of nitrogens with one attached hydrogen (secondary N) is 1. The zero-order chi connectivity index (χ0) is 16.8. The zero-order valence-electron chi connectivity index (χ0n) is 13.4. The first-order valence-electron chi connectivity index (χ1n) is 7.31. The molecule has 0 spiro atoms. The van der Waals surface area contributed by atoms with Gasteiger partial charge in [0.2, 0.25) is 5.91 Å². The molecule has 0 bridgehead atoms. The van der Waals surface area contributed by atoms with E-state index in [1.807, 2.05) is 19.1 Å². The van der Waals surface area contributed by atoms with Crippen LogP contribution in [0.1, 0.15) is 18.1 Å². The molecule has 0 aliphatic heterocycles. The first kappa shape index (κ1) is 17.7. The largest absolute Gasteiger partial charge is 0.495 e. The van der Waals surface area contributed by atoms with Gasteiger partial charge in [0.25, 0.3) is 0 Å². The molecule has 0 fully saturated rings. The number of carbonyl (C=O) groups is 1. The highest BCUT2D eigenvalue weighted by atomic mass is 35.5. The molecular formula is C18H20ClNO2S. The summed E-state index contributed by atoms with van der Waals surface area (Å²) in [5, 5.41) is 3.21. The zero-order valence-corrected chi connectivity index (χ0v) is 15.0. The number of ether oxygens (including phenoxy) is 1. The van der Waals surface area contributed by atoms with Crippen molar-refractivity contribution in [1.29, 1.82) is 0 Å². The molecule has 23 heavy (non-hydrogen) atoms. The molecular weight excluding hydrogens is 330 g/mol. The van der Waals surface area contributed by atoms with Crippen molar-refractivity contribution in [2.45, 2.75) is 24.9 Å². The van der Waals surface area contributed by atoms with Crippen LogP contribution < -0.4 is 10.1 Å². The van der Waals surface area contributed by atoms with Crippen molar-refractivity contribution in [1.82, 2.24) is 0 Å². The molecule has 0 saturated heterocycles. The van der Waals surface area contributed by atoms with Gasteiger partial charge in [-0.3, -0.25) is 4.79 Å². The number of anilines is 1. The van der Waals surface area contributed by atoms with Gasteiger partial charge in [0.15, 0.2) is 0 Å². The third-order valence-electron chi connectivity index (χ3n) is 3.54. The molecule has 1 amide bonds. The Kier molecular flexibility index (Phi) is 6.37. The van der Waals surface area contributed by atoms with Crippen LogP contribution in [0.25, 0.3) is 0 Å². The predicted octanol–water partition coefficient (Wildman–Crippen LogP) is 4.92. The van der Waals surface area contributed by atoms with Crippen molar-refractivity contribution in [2.75, 3.05) is 12.4 Å². The normalized spacial score (nSPS) is 11.8. The van der Waals surface area contributed by atoms with Crippen LogP contribution in [0.5, 0.6) is 5.75 Å². The fourth-order valence-corrected chi connectivity index (χ4v) is 3.27. The van der Waals surface area contributed by atoms with Crippen LogP contribution in [0.4, 0.5) is 5.69 Å². The van der Waals surface area contributed by atoms with Crippen LogP contribution in [0, 0.1) is 6.92 Å². The van der Waals surface area contributed by atoms with Gasteiger partial charge < -0.3 is 10.1 Å². The highest BCUT2D eigenvalue weighted by Crippen LogP contribution is 2.28. The Labute approximate surface area is 146 Å². The van der Waals surface area contributed by atoms with E-state index in [0.29, 0.717) is 16.5 Å². The van der Waals surface area contributed by atoms with Gasteiger partial charge in [0.05, 0.1) is 17.4 Å².